The number of ether oxygens (including phenoxy) is 1. The third-order valence-corrected chi connectivity index (χ3v) is 7.36. The first kappa shape index (κ1) is 21.9. The van der Waals surface area contributed by atoms with Crippen LogP contribution in [0.1, 0.15) is 72.6 Å². The first-order valence-corrected chi connectivity index (χ1v) is 12.3. The van der Waals surface area contributed by atoms with Crippen molar-refractivity contribution in [1.29, 1.82) is 0 Å². The van der Waals surface area contributed by atoms with Gasteiger partial charge in [0.25, 0.3) is 0 Å². The van der Waals surface area contributed by atoms with Crippen LogP contribution in [0, 0.1) is 5.92 Å². The van der Waals surface area contributed by atoms with Crippen LogP contribution in [-0.4, -0.2) is 40.0 Å². The molecular formula is C27H32N2O4. The highest BCUT2D eigenvalue weighted by Gasteiger charge is 2.41. The van der Waals surface area contributed by atoms with Gasteiger partial charge < -0.3 is 14.7 Å². The van der Waals surface area contributed by atoms with Gasteiger partial charge in [0, 0.05) is 24.4 Å². The zero-order valence-electron chi connectivity index (χ0n) is 19.1. The van der Waals surface area contributed by atoms with Crippen molar-refractivity contribution >= 4 is 11.9 Å². The van der Waals surface area contributed by atoms with E-state index in [0.29, 0.717) is 13.2 Å². The molecule has 6 heteroatoms. The maximum absolute atomic E-state index is 12.9. The molecule has 0 radical (unpaired) electrons. The standard InChI is InChI=1S/C27H32N2O4/c30-26(31)16-24(19-10-12-25-20(15-19)13-14-33-25)29-17-21(27(29)32)6-1-3-7-22-11-9-18-5-2-4-8-23(18)28-22/h9-12,15,21,24H,1-8,13-14,16-17H2,(H,30,31)/t21?,24-/m0/s1. The number of β-lactam (4-membered cyclic amide) rings is 1. The molecule has 33 heavy (non-hydrogen) atoms. The van der Waals surface area contributed by atoms with E-state index in [-0.39, 0.29) is 18.2 Å². The van der Waals surface area contributed by atoms with Gasteiger partial charge in [0.15, 0.2) is 0 Å². The molecule has 2 atom stereocenters. The van der Waals surface area contributed by atoms with Crippen LogP contribution in [0.4, 0.5) is 0 Å². The number of fused-ring (bicyclic) bond motifs is 2. The SMILES string of the molecule is O=C(O)C[C@@H](c1ccc2c(c1)CCO2)N1CC(CCCCc2ccc3c(n2)CCCC3)C1=O. The first-order valence-electron chi connectivity index (χ1n) is 12.3. The Hall–Kier alpha value is -2.89. The summed E-state index contributed by atoms with van der Waals surface area (Å²) in [6.45, 7) is 1.30. The Kier molecular flexibility index (Phi) is 6.34. The molecule has 1 unspecified atom stereocenters. The molecule has 1 amide bonds. The first-order chi connectivity index (χ1) is 16.1. The number of carbonyl (C=O) groups excluding carboxylic acids is 1. The van der Waals surface area contributed by atoms with Gasteiger partial charge in [0.05, 0.1) is 25.0 Å². The maximum atomic E-state index is 12.9. The van der Waals surface area contributed by atoms with Crippen molar-refractivity contribution in [2.24, 2.45) is 5.92 Å². The zero-order valence-corrected chi connectivity index (χ0v) is 19.1. The summed E-state index contributed by atoms with van der Waals surface area (Å²) in [5.41, 5.74) is 5.86. The van der Waals surface area contributed by atoms with Gasteiger partial charge in [-0.05, 0) is 79.8 Å². The van der Waals surface area contributed by atoms with Crippen LogP contribution in [0.5, 0.6) is 5.75 Å². The number of benzene rings is 1. The Morgan fingerprint density at radius 1 is 1.12 bits per heavy atom. The lowest BCUT2D eigenvalue weighted by atomic mass is 9.87. The van der Waals surface area contributed by atoms with Gasteiger partial charge in [-0.1, -0.05) is 18.6 Å². The van der Waals surface area contributed by atoms with Crippen molar-refractivity contribution in [3.8, 4) is 5.75 Å². The summed E-state index contributed by atoms with van der Waals surface area (Å²) in [6, 6.07) is 9.84. The Labute approximate surface area is 195 Å². The fraction of sp³-hybridized carbons (Fsp3) is 0.519. The lowest BCUT2D eigenvalue weighted by molar-refractivity contribution is -0.154. The predicted octanol–water partition coefficient (Wildman–Crippen LogP) is 4.28. The molecule has 174 valence electrons. The Morgan fingerprint density at radius 3 is 2.85 bits per heavy atom. The number of nitrogens with zero attached hydrogens (tertiary/aromatic N) is 2. The monoisotopic (exact) mass is 448 g/mol. The molecule has 1 aromatic carbocycles. The van der Waals surface area contributed by atoms with E-state index in [4.69, 9.17) is 9.72 Å². The fourth-order valence-electron chi connectivity index (χ4n) is 5.47. The zero-order chi connectivity index (χ0) is 22.8. The molecule has 0 bridgehead atoms. The fourth-order valence-corrected chi connectivity index (χ4v) is 5.47. The quantitative estimate of drug-likeness (QED) is 0.457. The number of unbranched alkanes of at least 4 members (excludes halogenated alkanes) is 1. The molecule has 5 rings (SSSR count). The number of amides is 1. The van der Waals surface area contributed by atoms with Crippen molar-refractivity contribution in [3.63, 3.8) is 0 Å². The molecule has 1 aromatic heterocycles. The van der Waals surface area contributed by atoms with Gasteiger partial charge in [0.1, 0.15) is 5.75 Å². The lowest BCUT2D eigenvalue weighted by Crippen LogP contribution is -2.54. The molecule has 1 saturated heterocycles. The number of hydrogen-bond acceptors (Lipinski definition) is 4. The van der Waals surface area contributed by atoms with Crippen molar-refractivity contribution in [2.75, 3.05) is 13.2 Å². The van der Waals surface area contributed by atoms with Crippen molar-refractivity contribution in [2.45, 2.75) is 70.3 Å². The average molecular weight is 449 g/mol. The smallest absolute Gasteiger partial charge is 0.305 e. The van der Waals surface area contributed by atoms with Crippen molar-refractivity contribution in [1.82, 2.24) is 9.88 Å². The number of aliphatic carboxylic acids is 1. The summed E-state index contributed by atoms with van der Waals surface area (Å²) < 4.78 is 5.57. The van der Waals surface area contributed by atoms with E-state index >= 15 is 0 Å². The summed E-state index contributed by atoms with van der Waals surface area (Å²) in [7, 11) is 0. The van der Waals surface area contributed by atoms with E-state index < -0.39 is 12.0 Å². The molecule has 0 saturated carbocycles. The summed E-state index contributed by atoms with van der Waals surface area (Å²) in [4.78, 5) is 31.0. The Balaban J connectivity index is 1.13. The molecule has 2 aromatic rings. The average Bonchev–Trinajstić information content (AvgIpc) is 3.29. The molecule has 3 aliphatic rings. The topological polar surface area (TPSA) is 79.7 Å². The molecule has 1 fully saturated rings. The largest absolute Gasteiger partial charge is 0.493 e. The Bertz CT molecular complexity index is 1050. The number of likely N-dealkylation sites (tertiary alicyclic amines) is 1. The molecule has 0 spiro atoms. The van der Waals surface area contributed by atoms with E-state index in [1.54, 1.807) is 4.90 Å². The van der Waals surface area contributed by atoms with Crippen molar-refractivity contribution in [3.05, 3.63) is 58.4 Å². The maximum Gasteiger partial charge on any atom is 0.305 e. The van der Waals surface area contributed by atoms with E-state index in [9.17, 15) is 14.7 Å². The van der Waals surface area contributed by atoms with Gasteiger partial charge in [-0.2, -0.15) is 0 Å². The number of carboxylic acid groups (broad SMARTS) is 1. The minimum absolute atomic E-state index is 0.00977. The van der Waals surface area contributed by atoms with Gasteiger partial charge in [0.2, 0.25) is 5.91 Å². The lowest BCUT2D eigenvalue weighted by Gasteiger charge is -2.43. The van der Waals surface area contributed by atoms with Crippen LogP contribution in [-0.2, 0) is 35.3 Å². The number of aromatic nitrogens is 1. The van der Waals surface area contributed by atoms with Crippen LogP contribution >= 0.6 is 0 Å². The second-order valence-electron chi connectivity index (χ2n) is 9.63. The van der Waals surface area contributed by atoms with Crippen LogP contribution in [0.2, 0.25) is 0 Å². The second-order valence-corrected chi connectivity index (χ2v) is 9.63. The summed E-state index contributed by atoms with van der Waals surface area (Å²) >= 11 is 0. The minimum Gasteiger partial charge on any atom is -0.493 e. The molecule has 3 heterocycles. The summed E-state index contributed by atoms with van der Waals surface area (Å²) in [5.74, 6) is 0.0834. The van der Waals surface area contributed by atoms with Gasteiger partial charge in [-0.15, -0.1) is 0 Å². The third-order valence-electron chi connectivity index (χ3n) is 7.36. The number of hydrogen-bond donors (Lipinski definition) is 1. The van der Waals surface area contributed by atoms with E-state index in [2.05, 4.69) is 12.1 Å². The van der Waals surface area contributed by atoms with Gasteiger partial charge in [-0.3, -0.25) is 14.6 Å². The van der Waals surface area contributed by atoms with Crippen LogP contribution in [0.15, 0.2) is 30.3 Å². The van der Waals surface area contributed by atoms with E-state index in [0.717, 1.165) is 61.8 Å². The molecule has 1 N–H and O–H groups in total. The molecular weight excluding hydrogens is 416 g/mol. The molecule has 6 nitrogen and oxygen atoms in total. The highest BCUT2D eigenvalue weighted by molar-refractivity contribution is 5.85. The van der Waals surface area contributed by atoms with E-state index in [1.807, 2.05) is 18.2 Å². The molecule has 2 aliphatic heterocycles. The van der Waals surface area contributed by atoms with Crippen LogP contribution in [0.3, 0.4) is 0 Å². The second kappa shape index (κ2) is 9.54. The number of rotatable bonds is 9. The summed E-state index contributed by atoms with van der Waals surface area (Å²) in [5, 5.41) is 9.45. The van der Waals surface area contributed by atoms with Gasteiger partial charge >= 0.3 is 5.97 Å². The van der Waals surface area contributed by atoms with Gasteiger partial charge in [-0.25, -0.2) is 0 Å². The summed E-state index contributed by atoms with van der Waals surface area (Å²) in [6.07, 6.45) is 9.37. The number of aryl methyl sites for hydroxylation is 3. The van der Waals surface area contributed by atoms with Crippen molar-refractivity contribution < 1.29 is 19.4 Å². The number of carboxylic acids is 1. The predicted molar refractivity (Wildman–Crippen MR) is 124 cm³/mol. The third kappa shape index (κ3) is 4.75. The molecule has 1 aliphatic carbocycles. The highest BCUT2D eigenvalue weighted by atomic mass is 16.5. The van der Waals surface area contributed by atoms with Crippen LogP contribution < -0.4 is 4.74 Å². The number of carbonyl (C=O) groups is 2. The van der Waals surface area contributed by atoms with E-state index in [1.165, 1.54) is 29.8 Å². The highest BCUT2D eigenvalue weighted by Crippen LogP contribution is 2.37. The minimum atomic E-state index is -0.884. The van der Waals surface area contributed by atoms with Crippen LogP contribution in [0.25, 0.3) is 0 Å². The normalized spacial score (nSPS) is 19.9. The Morgan fingerprint density at radius 2 is 2.00 bits per heavy atom. The number of pyridine rings is 1.